The minimum absolute atomic E-state index is 0.816. The molecule has 5 nitrogen and oxygen atoms in total. The molecule has 1 aliphatic rings. The summed E-state index contributed by atoms with van der Waals surface area (Å²) in [6, 6.07) is 2.23. The first-order chi connectivity index (χ1) is 9.85. The van der Waals surface area contributed by atoms with Gasteiger partial charge in [-0.15, -0.1) is 11.3 Å². The van der Waals surface area contributed by atoms with Crippen LogP contribution in [0.5, 0.6) is 0 Å². The number of rotatable bonds is 2. The van der Waals surface area contributed by atoms with E-state index < -0.39 is 0 Å². The third kappa shape index (κ3) is 1.79. The van der Waals surface area contributed by atoms with Crippen LogP contribution < -0.4 is 4.90 Å². The smallest absolute Gasteiger partial charge is 0.141 e. The highest BCUT2D eigenvalue weighted by atomic mass is 32.1. The second kappa shape index (κ2) is 4.56. The van der Waals surface area contributed by atoms with E-state index in [1.54, 1.807) is 17.7 Å². The summed E-state index contributed by atoms with van der Waals surface area (Å²) in [6.07, 6.45) is 6.63. The van der Waals surface area contributed by atoms with E-state index >= 15 is 0 Å². The van der Waals surface area contributed by atoms with Gasteiger partial charge in [-0.3, -0.25) is 0 Å². The first-order valence-electron chi connectivity index (χ1n) is 6.83. The van der Waals surface area contributed by atoms with E-state index in [2.05, 4.69) is 37.4 Å². The molecule has 0 spiro atoms. The Kier molecular flexibility index (Phi) is 2.70. The lowest BCUT2D eigenvalue weighted by Gasteiger charge is -2.28. The highest BCUT2D eigenvalue weighted by Gasteiger charge is 2.20. The zero-order chi connectivity index (χ0) is 13.5. The zero-order valence-electron chi connectivity index (χ0n) is 11.3. The summed E-state index contributed by atoms with van der Waals surface area (Å²) in [4.78, 5) is 18.1. The fourth-order valence-corrected chi connectivity index (χ4v) is 3.60. The minimum Gasteiger partial charge on any atom is -0.347 e. The van der Waals surface area contributed by atoms with Gasteiger partial charge in [0.2, 0.25) is 0 Å². The Balaban J connectivity index is 1.77. The van der Waals surface area contributed by atoms with Gasteiger partial charge in [0, 0.05) is 30.4 Å². The Bertz CT molecular complexity index is 760. The summed E-state index contributed by atoms with van der Waals surface area (Å²) in [5, 5.41) is 1.18. The summed E-state index contributed by atoms with van der Waals surface area (Å²) in [7, 11) is 0. The number of hydrogen-bond donors (Lipinski definition) is 0. The van der Waals surface area contributed by atoms with Crippen LogP contribution in [-0.2, 0) is 19.5 Å². The lowest BCUT2D eigenvalue weighted by molar-refractivity contribution is 0.557. The molecule has 20 heavy (non-hydrogen) atoms. The molecule has 1 aliphatic heterocycles. The predicted octanol–water partition coefficient (Wildman–Crippen LogP) is 2.47. The summed E-state index contributed by atoms with van der Waals surface area (Å²) in [6.45, 7) is 4.92. The maximum atomic E-state index is 4.52. The number of hydrogen-bond acceptors (Lipinski definition) is 5. The van der Waals surface area contributed by atoms with E-state index in [4.69, 9.17) is 0 Å². The molecule has 0 amide bonds. The molecular weight excluding hydrogens is 270 g/mol. The third-order valence-electron chi connectivity index (χ3n) is 3.75. The molecule has 0 fully saturated rings. The highest BCUT2D eigenvalue weighted by Crippen LogP contribution is 2.31. The molecule has 0 aliphatic carbocycles. The molecule has 0 radical (unpaired) electrons. The van der Waals surface area contributed by atoms with Crippen molar-refractivity contribution < 1.29 is 0 Å². The van der Waals surface area contributed by atoms with Gasteiger partial charge in [0.1, 0.15) is 22.8 Å². The average molecular weight is 285 g/mol. The maximum Gasteiger partial charge on any atom is 0.141 e. The summed E-state index contributed by atoms with van der Waals surface area (Å²) in [5.41, 5.74) is 0. The zero-order valence-corrected chi connectivity index (χ0v) is 12.1. The molecule has 0 N–H and O–H groups in total. The number of imidazole rings is 1. The number of nitrogens with zero attached hydrogens (tertiary/aromatic N) is 5. The van der Waals surface area contributed by atoms with Gasteiger partial charge >= 0.3 is 0 Å². The molecule has 102 valence electrons. The Morgan fingerprint density at radius 1 is 1.25 bits per heavy atom. The van der Waals surface area contributed by atoms with Crippen LogP contribution in [0.1, 0.15) is 17.6 Å². The first kappa shape index (κ1) is 11.8. The van der Waals surface area contributed by atoms with Crippen LogP contribution >= 0.6 is 11.3 Å². The van der Waals surface area contributed by atoms with Crippen molar-refractivity contribution in [2.24, 2.45) is 0 Å². The van der Waals surface area contributed by atoms with Gasteiger partial charge in [0.15, 0.2) is 0 Å². The van der Waals surface area contributed by atoms with Crippen molar-refractivity contribution in [2.45, 2.75) is 26.4 Å². The number of thiophene rings is 1. The van der Waals surface area contributed by atoms with E-state index in [9.17, 15) is 0 Å². The minimum atomic E-state index is 0.816. The van der Waals surface area contributed by atoms with Gasteiger partial charge in [0.05, 0.1) is 11.9 Å². The fourth-order valence-electron chi connectivity index (χ4n) is 2.67. The Labute approximate surface area is 120 Å². The molecule has 3 aromatic rings. The van der Waals surface area contributed by atoms with Gasteiger partial charge in [-0.1, -0.05) is 6.92 Å². The van der Waals surface area contributed by atoms with Crippen molar-refractivity contribution in [1.29, 1.82) is 0 Å². The third-order valence-corrected chi connectivity index (χ3v) is 4.94. The topological polar surface area (TPSA) is 46.8 Å². The lowest BCUT2D eigenvalue weighted by atomic mass is 10.2. The van der Waals surface area contributed by atoms with Crippen LogP contribution in [0.25, 0.3) is 10.2 Å². The standard InChI is InChI=1S/C14H15N5S/c1-2-10-7-11-13(16-9-17-14(11)20-10)19-6-5-18-4-3-15-12(18)8-19/h3-4,7,9H,2,5-6,8H2,1H3. The molecule has 0 aromatic carbocycles. The summed E-state index contributed by atoms with van der Waals surface area (Å²) in [5.74, 6) is 2.15. The van der Waals surface area contributed by atoms with Crippen LogP contribution in [0.15, 0.2) is 24.8 Å². The van der Waals surface area contributed by atoms with Crippen molar-refractivity contribution in [3.63, 3.8) is 0 Å². The Hall–Kier alpha value is -1.95. The van der Waals surface area contributed by atoms with Gasteiger partial charge < -0.3 is 9.47 Å². The molecule has 0 saturated carbocycles. The van der Waals surface area contributed by atoms with E-state index in [0.29, 0.717) is 0 Å². The van der Waals surface area contributed by atoms with Gasteiger partial charge in [-0.25, -0.2) is 15.0 Å². The van der Waals surface area contributed by atoms with Gasteiger partial charge in [-0.2, -0.15) is 0 Å². The second-order valence-corrected chi connectivity index (χ2v) is 6.06. The average Bonchev–Trinajstić information content (AvgIpc) is 3.11. The van der Waals surface area contributed by atoms with Crippen molar-refractivity contribution in [3.8, 4) is 0 Å². The van der Waals surface area contributed by atoms with Crippen LogP contribution in [0.3, 0.4) is 0 Å². The normalized spacial score (nSPS) is 14.8. The van der Waals surface area contributed by atoms with Gasteiger partial charge in [-0.05, 0) is 12.5 Å². The van der Waals surface area contributed by atoms with Crippen LogP contribution in [0.2, 0.25) is 0 Å². The van der Waals surface area contributed by atoms with Crippen molar-refractivity contribution in [3.05, 3.63) is 35.5 Å². The first-order valence-corrected chi connectivity index (χ1v) is 7.65. The SMILES string of the molecule is CCc1cc2c(N3CCn4ccnc4C3)ncnc2s1. The lowest BCUT2D eigenvalue weighted by Crippen LogP contribution is -2.34. The van der Waals surface area contributed by atoms with Crippen LogP contribution in [-0.4, -0.2) is 26.1 Å². The highest BCUT2D eigenvalue weighted by molar-refractivity contribution is 7.18. The Morgan fingerprint density at radius 2 is 2.20 bits per heavy atom. The van der Waals surface area contributed by atoms with E-state index in [-0.39, 0.29) is 0 Å². The molecule has 4 heterocycles. The van der Waals surface area contributed by atoms with Crippen molar-refractivity contribution >= 4 is 27.4 Å². The predicted molar refractivity (Wildman–Crippen MR) is 80.1 cm³/mol. The summed E-state index contributed by atoms with van der Waals surface area (Å²) < 4.78 is 2.21. The molecular formula is C14H15N5S. The monoisotopic (exact) mass is 285 g/mol. The number of aromatic nitrogens is 4. The molecule has 4 rings (SSSR count). The molecule has 0 atom stereocenters. The van der Waals surface area contributed by atoms with Crippen molar-refractivity contribution in [2.75, 3.05) is 11.4 Å². The number of anilines is 1. The molecule has 0 bridgehead atoms. The van der Waals surface area contributed by atoms with Crippen LogP contribution in [0, 0.1) is 0 Å². The molecule has 0 unspecified atom stereocenters. The number of aryl methyl sites for hydroxylation is 1. The second-order valence-electron chi connectivity index (χ2n) is 4.94. The molecule has 0 saturated heterocycles. The van der Waals surface area contributed by atoms with Crippen molar-refractivity contribution in [1.82, 2.24) is 19.5 Å². The molecule has 3 aromatic heterocycles. The maximum absolute atomic E-state index is 4.52. The number of fused-ring (bicyclic) bond motifs is 2. The molecule has 6 heteroatoms. The van der Waals surface area contributed by atoms with E-state index in [1.807, 2.05) is 12.4 Å². The quantitative estimate of drug-likeness (QED) is 0.725. The van der Waals surface area contributed by atoms with Gasteiger partial charge in [0.25, 0.3) is 0 Å². The van der Waals surface area contributed by atoms with E-state index in [0.717, 1.165) is 42.5 Å². The largest absolute Gasteiger partial charge is 0.347 e. The fraction of sp³-hybridized carbons (Fsp3) is 0.357. The van der Waals surface area contributed by atoms with Crippen LogP contribution in [0.4, 0.5) is 5.82 Å². The Morgan fingerprint density at radius 3 is 3.10 bits per heavy atom. The summed E-state index contributed by atoms with van der Waals surface area (Å²) >= 11 is 1.76. The van der Waals surface area contributed by atoms with E-state index in [1.165, 1.54) is 10.3 Å².